The molecule has 1 saturated heterocycles. The fourth-order valence-corrected chi connectivity index (χ4v) is 3.35. The lowest BCUT2D eigenvalue weighted by Crippen LogP contribution is -2.34. The first-order valence-corrected chi connectivity index (χ1v) is 9.40. The van der Waals surface area contributed by atoms with Crippen molar-refractivity contribution < 1.29 is 14.3 Å². The highest BCUT2D eigenvalue weighted by Gasteiger charge is 2.34. The smallest absolute Gasteiger partial charge is 0.227 e. The van der Waals surface area contributed by atoms with Gasteiger partial charge in [-0.15, -0.1) is 0 Å². The quantitative estimate of drug-likeness (QED) is 0.820. The molecule has 1 unspecified atom stereocenters. The summed E-state index contributed by atoms with van der Waals surface area (Å²) < 4.78 is 5.21. The Labute approximate surface area is 160 Å². The highest BCUT2D eigenvalue weighted by atomic mass is 16.5. The molecule has 3 rings (SSSR count). The van der Waals surface area contributed by atoms with E-state index in [1.54, 1.807) is 12.0 Å². The maximum atomic E-state index is 12.5. The molecule has 0 aliphatic carbocycles. The van der Waals surface area contributed by atoms with Crippen LogP contribution < -0.4 is 15.0 Å². The molecular weight excluding hydrogens is 340 g/mol. The van der Waals surface area contributed by atoms with Gasteiger partial charge in [0.05, 0.1) is 13.0 Å². The molecule has 1 fully saturated rings. The zero-order valence-electron chi connectivity index (χ0n) is 15.9. The Morgan fingerprint density at radius 1 is 1.19 bits per heavy atom. The summed E-state index contributed by atoms with van der Waals surface area (Å²) >= 11 is 0. The van der Waals surface area contributed by atoms with Gasteiger partial charge in [0.2, 0.25) is 11.8 Å². The molecule has 1 heterocycles. The van der Waals surface area contributed by atoms with Gasteiger partial charge in [-0.2, -0.15) is 0 Å². The summed E-state index contributed by atoms with van der Waals surface area (Å²) in [4.78, 5) is 26.5. The van der Waals surface area contributed by atoms with Crippen LogP contribution in [0.2, 0.25) is 0 Å². The standard InChI is InChI=1S/C22H26N2O3/c1-3-16-7-9-19(10-8-16)24-15-18(14-21(24)25)22(26)23-12-11-17-5-4-6-20(13-17)27-2/h4-10,13,18H,3,11-12,14-15H2,1-2H3,(H,23,26). The minimum Gasteiger partial charge on any atom is -0.497 e. The van der Waals surface area contributed by atoms with E-state index in [9.17, 15) is 9.59 Å². The number of hydrogen-bond acceptors (Lipinski definition) is 3. The molecule has 0 bridgehead atoms. The van der Waals surface area contributed by atoms with Crippen molar-refractivity contribution in [2.24, 2.45) is 5.92 Å². The van der Waals surface area contributed by atoms with E-state index in [4.69, 9.17) is 4.74 Å². The van der Waals surface area contributed by atoms with Crippen molar-refractivity contribution in [3.8, 4) is 5.75 Å². The molecule has 2 aromatic carbocycles. The van der Waals surface area contributed by atoms with Crippen molar-refractivity contribution in [2.75, 3.05) is 25.1 Å². The monoisotopic (exact) mass is 366 g/mol. The Kier molecular flexibility index (Phi) is 6.12. The van der Waals surface area contributed by atoms with E-state index in [-0.39, 0.29) is 24.2 Å². The van der Waals surface area contributed by atoms with E-state index in [1.807, 2.05) is 48.5 Å². The van der Waals surface area contributed by atoms with Gasteiger partial charge in [0.1, 0.15) is 5.75 Å². The lowest BCUT2D eigenvalue weighted by Gasteiger charge is -2.17. The first kappa shape index (κ1) is 19.0. The molecule has 0 aromatic heterocycles. The van der Waals surface area contributed by atoms with E-state index in [1.165, 1.54) is 5.56 Å². The molecule has 1 aliphatic rings. The Hall–Kier alpha value is -2.82. The fourth-order valence-electron chi connectivity index (χ4n) is 3.35. The lowest BCUT2D eigenvalue weighted by molar-refractivity contribution is -0.126. The van der Waals surface area contributed by atoms with Gasteiger partial charge in [0.15, 0.2) is 0 Å². The maximum absolute atomic E-state index is 12.5. The number of ether oxygens (including phenoxy) is 1. The number of nitrogens with zero attached hydrogens (tertiary/aromatic N) is 1. The summed E-state index contributed by atoms with van der Waals surface area (Å²) in [6.07, 6.45) is 1.96. The van der Waals surface area contributed by atoms with Crippen LogP contribution in [0, 0.1) is 5.92 Å². The van der Waals surface area contributed by atoms with Crippen molar-refractivity contribution in [2.45, 2.75) is 26.2 Å². The molecule has 142 valence electrons. The van der Waals surface area contributed by atoms with Crippen LogP contribution in [-0.4, -0.2) is 32.0 Å². The number of aryl methyl sites for hydroxylation is 1. The number of rotatable bonds is 7. The second kappa shape index (κ2) is 8.71. The number of anilines is 1. The van der Waals surface area contributed by atoms with E-state index in [0.717, 1.165) is 29.8 Å². The number of amides is 2. The van der Waals surface area contributed by atoms with E-state index >= 15 is 0 Å². The second-order valence-corrected chi connectivity index (χ2v) is 6.82. The van der Waals surface area contributed by atoms with E-state index < -0.39 is 0 Å². The SMILES string of the molecule is CCc1ccc(N2CC(C(=O)NCCc3cccc(OC)c3)CC2=O)cc1. The lowest BCUT2D eigenvalue weighted by atomic mass is 10.1. The Balaban J connectivity index is 1.52. The van der Waals surface area contributed by atoms with Crippen molar-refractivity contribution >= 4 is 17.5 Å². The van der Waals surface area contributed by atoms with Crippen LogP contribution in [0.3, 0.4) is 0 Å². The third-order valence-corrected chi connectivity index (χ3v) is 5.00. The largest absolute Gasteiger partial charge is 0.497 e. The highest BCUT2D eigenvalue weighted by molar-refractivity contribution is 6.00. The first-order valence-electron chi connectivity index (χ1n) is 9.40. The minimum absolute atomic E-state index is 0.00666. The van der Waals surface area contributed by atoms with Crippen LogP contribution in [0.4, 0.5) is 5.69 Å². The number of methoxy groups -OCH3 is 1. The van der Waals surface area contributed by atoms with Crippen molar-refractivity contribution in [1.82, 2.24) is 5.32 Å². The maximum Gasteiger partial charge on any atom is 0.227 e. The van der Waals surface area contributed by atoms with Crippen molar-refractivity contribution in [3.05, 3.63) is 59.7 Å². The molecule has 0 radical (unpaired) electrons. The van der Waals surface area contributed by atoms with Crippen LogP contribution in [0.15, 0.2) is 48.5 Å². The first-order chi connectivity index (χ1) is 13.1. The van der Waals surface area contributed by atoms with Crippen LogP contribution in [0.5, 0.6) is 5.75 Å². The Bertz CT molecular complexity index is 801. The van der Waals surface area contributed by atoms with Gasteiger partial charge in [0.25, 0.3) is 0 Å². The van der Waals surface area contributed by atoms with Crippen LogP contribution >= 0.6 is 0 Å². The van der Waals surface area contributed by atoms with Crippen molar-refractivity contribution in [3.63, 3.8) is 0 Å². The van der Waals surface area contributed by atoms with Crippen LogP contribution in [0.25, 0.3) is 0 Å². The van der Waals surface area contributed by atoms with Crippen molar-refractivity contribution in [1.29, 1.82) is 0 Å². The second-order valence-electron chi connectivity index (χ2n) is 6.82. The number of carbonyl (C=O) groups is 2. The zero-order valence-corrected chi connectivity index (χ0v) is 15.9. The fraction of sp³-hybridized carbons (Fsp3) is 0.364. The summed E-state index contributed by atoms with van der Waals surface area (Å²) in [5.74, 6) is 0.463. The van der Waals surface area contributed by atoms with Gasteiger partial charge in [-0.1, -0.05) is 31.2 Å². The molecule has 1 N–H and O–H groups in total. The predicted molar refractivity (Wildman–Crippen MR) is 106 cm³/mol. The molecule has 5 nitrogen and oxygen atoms in total. The summed E-state index contributed by atoms with van der Waals surface area (Å²) in [5, 5.41) is 2.96. The zero-order chi connectivity index (χ0) is 19.2. The molecule has 0 spiro atoms. The van der Waals surface area contributed by atoms with Gasteiger partial charge >= 0.3 is 0 Å². The van der Waals surface area contributed by atoms with Gasteiger partial charge in [0, 0.05) is 25.2 Å². The predicted octanol–water partition coefficient (Wildman–Crippen LogP) is 2.97. The molecule has 2 amide bonds. The van der Waals surface area contributed by atoms with Crippen LogP contribution in [-0.2, 0) is 22.4 Å². The molecule has 5 heteroatoms. The van der Waals surface area contributed by atoms with Crippen LogP contribution in [0.1, 0.15) is 24.5 Å². The number of carbonyl (C=O) groups excluding carboxylic acids is 2. The highest BCUT2D eigenvalue weighted by Crippen LogP contribution is 2.25. The molecule has 0 saturated carbocycles. The molecular formula is C22H26N2O3. The summed E-state index contributed by atoms with van der Waals surface area (Å²) in [5.41, 5.74) is 3.20. The Morgan fingerprint density at radius 3 is 2.67 bits per heavy atom. The summed E-state index contributed by atoms with van der Waals surface area (Å²) in [6.45, 7) is 3.08. The van der Waals surface area contributed by atoms with Gasteiger partial charge in [-0.05, 0) is 48.2 Å². The molecule has 1 atom stereocenters. The average molecular weight is 366 g/mol. The molecule has 1 aliphatic heterocycles. The number of benzene rings is 2. The third-order valence-electron chi connectivity index (χ3n) is 5.00. The normalized spacial score (nSPS) is 16.4. The topological polar surface area (TPSA) is 58.6 Å². The van der Waals surface area contributed by atoms with Gasteiger partial charge in [-0.3, -0.25) is 9.59 Å². The number of hydrogen-bond donors (Lipinski definition) is 1. The minimum atomic E-state index is -0.298. The van der Waals surface area contributed by atoms with E-state index in [2.05, 4.69) is 12.2 Å². The Morgan fingerprint density at radius 2 is 1.96 bits per heavy atom. The van der Waals surface area contributed by atoms with E-state index in [0.29, 0.717) is 13.1 Å². The summed E-state index contributed by atoms with van der Waals surface area (Å²) in [7, 11) is 1.64. The van der Waals surface area contributed by atoms with Gasteiger partial charge < -0.3 is 15.0 Å². The average Bonchev–Trinajstić information content (AvgIpc) is 3.10. The van der Waals surface area contributed by atoms with Gasteiger partial charge in [-0.25, -0.2) is 0 Å². The molecule has 2 aromatic rings. The third kappa shape index (κ3) is 4.67. The number of nitrogens with one attached hydrogen (secondary N) is 1. The summed E-state index contributed by atoms with van der Waals surface area (Å²) in [6, 6.07) is 15.8. The molecule has 27 heavy (non-hydrogen) atoms.